The Bertz CT molecular complexity index is 116. The van der Waals surface area contributed by atoms with E-state index in [1.165, 1.54) is 32.2 Å². The van der Waals surface area contributed by atoms with Crippen LogP contribution in [0.3, 0.4) is 0 Å². The molecule has 0 heterocycles. The normalized spacial score (nSPS) is 28.5. The third-order valence-corrected chi connectivity index (χ3v) is 2.96. The van der Waals surface area contributed by atoms with Crippen LogP contribution in [0.5, 0.6) is 0 Å². The fourth-order valence-electron chi connectivity index (χ4n) is 2.04. The Morgan fingerprint density at radius 2 is 2.08 bits per heavy atom. The second-order valence-corrected chi connectivity index (χ2v) is 3.79. The van der Waals surface area contributed by atoms with Crippen molar-refractivity contribution in [3.05, 3.63) is 0 Å². The number of hydrogen-bond donors (Lipinski definition) is 1. The maximum Gasteiger partial charge on any atom is 0.0462 e. The van der Waals surface area contributed by atoms with Crippen molar-refractivity contribution in [3.8, 4) is 0 Å². The maximum atomic E-state index is 5.04. The average molecular weight is 171 g/mol. The van der Waals surface area contributed by atoms with Crippen LogP contribution in [0.25, 0.3) is 0 Å². The molecule has 12 heavy (non-hydrogen) atoms. The van der Waals surface area contributed by atoms with Gasteiger partial charge in [-0.15, -0.1) is 0 Å². The molecule has 2 atom stereocenters. The van der Waals surface area contributed by atoms with Gasteiger partial charge < -0.3 is 10.1 Å². The van der Waals surface area contributed by atoms with Crippen LogP contribution in [0.2, 0.25) is 0 Å². The first-order valence-electron chi connectivity index (χ1n) is 5.02. The van der Waals surface area contributed by atoms with E-state index >= 15 is 0 Å². The molecule has 1 saturated carbocycles. The van der Waals surface area contributed by atoms with Crippen molar-refractivity contribution in [3.63, 3.8) is 0 Å². The van der Waals surface area contributed by atoms with Crippen molar-refractivity contribution in [1.29, 1.82) is 0 Å². The summed E-state index contributed by atoms with van der Waals surface area (Å²) in [6.07, 6.45) is 5.47. The lowest BCUT2D eigenvalue weighted by atomic mass is 9.71. The average Bonchev–Trinajstić information content (AvgIpc) is 2.06. The molecule has 0 spiro atoms. The van der Waals surface area contributed by atoms with E-state index < -0.39 is 0 Å². The van der Waals surface area contributed by atoms with Crippen molar-refractivity contribution < 1.29 is 4.74 Å². The Kier molecular flexibility index (Phi) is 4.62. The van der Waals surface area contributed by atoms with Crippen LogP contribution in [-0.4, -0.2) is 27.3 Å². The number of rotatable bonds is 6. The first-order chi connectivity index (χ1) is 5.88. The van der Waals surface area contributed by atoms with Crippen LogP contribution < -0.4 is 5.32 Å². The fraction of sp³-hybridized carbons (Fsp3) is 1.00. The van der Waals surface area contributed by atoms with E-state index in [0.717, 1.165) is 18.4 Å². The molecule has 0 amide bonds. The van der Waals surface area contributed by atoms with Gasteiger partial charge in [0.2, 0.25) is 0 Å². The summed E-state index contributed by atoms with van der Waals surface area (Å²) in [5.41, 5.74) is 0. The summed E-state index contributed by atoms with van der Waals surface area (Å²) < 4.78 is 5.04. The van der Waals surface area contributed by atoms with Crippen LogP contribution in [0.4, 0.5) is 0 Å². The van der Waals surface area contributed by atoms with E-state index in [-0.39, 0.29) is 0 Å². The number of ether oxygens (including phenoxy) is 1. The van der Waals surface area contributed by atoms with Crippen molar-refractivity contribution in [2.24, 2.45) is 11.8 Å². The monoisotopic (exact) mass is 171 g/mol. The summed E-state index contributed by atoms with van der Waals surface area (Å²) >= 11 is 0. The molecule has 0 saturated heterocycles. The summed E-state index contributed by atoms with van der Waals surface area (Å²) in [5, 5.41) is 3.26. The number of hydrogen-bond acceptors (Lipinski definition) is 2. The molecule has 0 aromatic rings. The maximum absolute atomic E-state index is 5.04. The van der Waals surface area contributed by atoms with Gasteiger partial charge in [-0.1, -0.05) is 0 Å². The standard InChI is InChI=1S/C10H21NO/c1-11-8-10-6-5-9(10)4-3-7-12-2/h9-11H,3-8H2,1-2H3. The zero-order chi connectivity index (χ0) is 8.81. The molecule has 1 rings (SSSR count). The van der Waals surface area contributed by atoms with Gasteiger partial charge in [0.05, 0.1) is 0 Å². The van der Waals surface area contributed by atoms with E-state index in [2.05, 4.69) is 5.32 Å². The third-order valence-electron chi connectivity index (χ3n) is 2.96. The van der Waals surface area contributed by atoms with Gasteiger partial charge in [0, 0.05) is 13.7 Å². The molecule has 2 unspecified atom stereocenters. The van der Waals surface area contributed by atoms with Gasteiger partial charge in [-0.2, -0.15) is 0 Å². The molecule has 1 aliphatic carbocycles. The predicted octanol–water partition coefficient (Wildman–Crippen LogP) is 1.66. The van der Waals surface area contributed by atoms with Gasteiger partial charge in [-0.25, -0.2) is 0 Å². The first kappa shape index (κ1) is 10.0. The smallest absolute Gasteiger partial charge is 0.0462 e. The predicted molar refractivity (Wildman–Crippen MR) is 51.3 cm³/mol. The van der Waals surface area contributed by atoms with Crippen molar-refractivity contribution in [2.75, 3.05) is 27.3 Å². The highest BCUT2D eigenvalue weighted by atomic mass is 16.5. The van der Waals surface area contributed by atoms with Gasteiger partial charge in [0.15, 0.2) is 0 Å². The Balaban J connectivity index is 2.00. The molecule has 0 aliphatic heterocycles. The summed E-state index contributed by atoms with van der Waals surface area (Å²) in [5.74, 6) is 1.93. The molecule has 0 aromatic carbocycles. The van der Waals surface area contributed by atoms with Gasteiger partial charge in [0.25, 0.3) is 0 Å². The lowest BCUT2D eigenvalue weighted by molar-refractivity contribution is 0.133. The summed E-state index contributed by atoms with van der Waals surface area (Å²) in [7, 11) is 3.83. The van der Waals surface area contributed by atoms with Crippen LogP contribution in [0.15, 0.2) is 0 Å². The Morgan fingerprint density at radius 1 is 1.33 bits per heavy atom. The fourth-order valence-corrected chi connectivity index (χ4v) is 2.04. The molecule has 0 aromatic heterocycles. The van der Waals surface area contributed by atoms with Crippen LogP contribution in [0.1, 0.15) is 25.7 Å². The Morgan fingerprint density at radius 3 is 2.58 bits per heavy atom. The van der Waals surface area contributed by atoms with Gasteiger partial charge in [-0.3, -0.25) is 0 Å². The molecular weight excluding hydrogens is 150 g/mol. The van der Waals surface area contributed by atoms with Crippen molar-refractivity contribution in [2.45, 2.75) is 25.7 Å². The Hall–Kier alpha value is -0.0800. The molecule has 2 heteroatoms. The molecule has 1 aliphatic rings. The quantitative estimate of drug-likeness (QED) is 0.614. The number of methoxy groups -OCH3 is 1. The lowest BCUT2D eigenvalue weighted by Gasteiger charge is -2.36. The molecule has 72 valence electrons. The lowest BCUT2D eigenvalue weighted by Crippen LogP contribution is -2.33. The summed E-state index contributed by atoms with van der Waals surface area (Å²) in [6, 6.07) is 0. The minimum absolute atomic E-state index is 0.933. The largest absolute Gasteiger partial charge is 0.385 e. The zero-order valence-electron chi connectivity index (χ0n) is 8.31. The van der Waals surface area contributed by atoms with Crippen LogP contribution in [-0.2, 0) is 4.74 Å². The minimum atomic E-state index is 0.933. The first-order valence-corrected chi connectivity index (χ1v) is 5.02. The SMILES string of the molecule is CNCC1CCC1CCCOC. The summed E-state index contributed by atoms with van der Waals surface area (Å²) in [4.78, 5) is 0. The third kappa shape index (κ3) is 2.76. The van der Waals surface area contributed by atoms with Gasteiger partial charge in [0.1, 0.15) is 0 Å². The number of nitrogens with one attached hydrogen (secondary N) is 1. The zero-order valence-corrected chi connectivity index (χ0v) is 8.31. The van der Waals surface area contributed by atoms with E-state index in [1.807, 2.05) is 7.05 Å². The van der Waals surface area contributed by atoms with Gasteiger partial charge >= 0.3 is 0 Å². The molecule has 1 N–H and O–H groups in total. The van der Waals surface area contributed by atoms with Crippen molar-refractivity contribution in [1.82, 2.24) is 5.32 Å². The highest BCUT2D eigenvalue weighted by Gasteiger charge is 2.28. The second kappa shape index (κ2) is 5.55. The Labute approximate surface area is 75.7 Å². The highest BCUT2D eigenvalue weighted by molar-refractivity contribution is 4.81. The van der Waals surface area contributed by atoms with E-state index in [1.54, 1.807) is 7.11 Å². The second-order valence-electron chi connectivity index (χ2n) is 3.79. The van der Waals surface area contributed by atoms with Crippen LogP contribution >= 0.6 is 0 Å². The van der Waals surface area contributed by atoms with E-state index in [4.69, 9.17) is 4.74 Å². The molecular formula is C10H21NO. The van der Waals surface area contributed by atoms with Gasteiger partial charge in [-0.05, 0) is 51.1 Å². The van der Waals surface area contributed by atoms with E-state index in [0.29, 0.717) is 0 Å². The molecule has 0 radical (unpaired) electrons. The minimum Gasteiger partial charge on any atom is -0.385 e. The van der Waals surface area contributed by atoms with Crippen molar-refractivity contribution >= 4 is 0 Å². The highest BCUT2D eigenvalue weighted by Crippen LogP contribution is 2.36. The molecule has 0 bridgehead atoms. The summed E-state index contributed by atoms with van der Waals surface area (Å²) in [6.45, 7) is 2.14. The molecule has 2 nitrogen and oxygen atoms in total. The topological polar surface area (TPSA) is 21.3 Å². The van der Waals surface area contributed by atoms with E-state index in [9.17, 15) is 0 Å². The molecule has 1 fully saturated rings. The van der Waals surface area contributed by atoms with Crippen LogP contribution in [0, 0.1) is 11.8 Å².